The lowest BCUT2D eigenvalue weighted by Crippen LogP contribution is -2.41. The van der Waals surface area contributed by atoms with Crippen LogP contribution in [0.3, 0.4) is 0 Å². The number of anilines is 3. The maximum Gasteiger partial charge on any atom is 0.421 e. The van der Waals surface area contributed by atoms with E-state index in [4.69, 9.17) is 4.74 Å². The van der Waals surface area contributed by atoms with Crippen molar-refractivity contribution < 1.29 is 22.7 Å². The number of nitrogens with zero attached hydrogens (tertiary/aromatic N) is 3. The summed E-state index contributed by atoms with van der Waals surface area (Å²) in [6, 6.07) is 3.53. The van der Waals surface area contributed by atoms with Crippen LogP contribution in [0.1, 0.15) is 27.0 Å². The van der Waals surface area contributed by atoms with E-state index in [2.05, 4.69) is 20.6 Å². The Morgan fingerprint density at radius 1 is 1.17 bits per heavy atom. The number of aromatic nitrogens is 2. The third-order valence-corrected chi connectivity index (χ3v) is 4.68. The third-order valence-electron chi connectivity index (χ3n) is 4.68. The van der Waals surface area contributed by atoms with E-state index in [-0.39, 0.29) is 17.7 Å². The summed E-state index contributed by atoms with van der Waals surface area (Å²) in [6.07, 6.45) is -3.81. The van der Waals surface area contributed by atoms with E-state index in [9.17, 15) is 18.0 Å². The Morgan fingerprint density at radius 2 is 1.86 bits per heavy atom. The highest BCUT2D eigenvalue weighted by molar-refractivity contribution is 5.96. The molecule has 29 heavy (non-hydrogen) atoms. The summed E-state index contributed by atoms with van der Waals surface area (Å²) in [5.74, 6) is -0.357. The number of nitrogens with one attached hydrogen (secondary N) is 2. The maximum absolute atomic E-state index is 13.0. The molecule has 0 radical (unpaired) electrons. The monoisotopic (exact) mass is 409 g/mol. The van der Waals surface area contributed by atoms with Gasteiger partial charge >= 0.3 is 6.18 Å². The highest BCUT2D eigenvalue weighted by atomic mass is 19.4. The lowest BCUT2D eigenvalue weighted by Gasteiger charge is -2.27. The van der Waals surface area contributed by atoms with E-state index in [0.717, 1.165) is 17.3 Å². The standard InChI is InChI=1S/C19H22F3N5O2/c1-11-9-15(12(2)8-13(11)17(28)27-4-6-29-7-5-27)25-18-24-10-14(19(20,21)22)16(23-3)26-18/h8-10H,4-7H2,1-3H3,(H2,23,24,25,26). The van der Waals surface area contributed by atoms with E-state index in [1.807, 2.05) is 6.92 Å². The Balaban J connectivity index is 1.85. The zero-order valence-electron chi connectivity index (χ0n) is 16.4. The fraction of sp³-hybridized carbons (Fsp3) is 0.421. The molecule has 0 saturated carbocycles. The average molecular weight is 409 g/mol. The predicted molar refractivity (Wildman–Crippen MR) is 103 cm³/mol. The van der Waals surface area contributed by atoms with Gasteiger partial charge in [0.05, 0.1) is 13.2 Å². The fourth-order valence-corrected chi connectivity index (χ4v) is 3.08. The first-order valence-corrected chi connectivity index (χ1v) is 9.08. The van der Waals surface area contributed by atoms with Crippen LogP contribution < -0.4 is 10.6 Å². The number of hydrogen-bond donors (Lipinski definition) is 2. The molecular weight excluding hydrogens is 387 g/mol. The van der Waals surface area contributed by atoms with E-state index < -0.39 is 11.7 Å². The van der Waals surface area contributed by atoms with Gasteiger partial charge in [0.25, 0.3) is 5.91 Å². The van der Waals surface area contributed by atoms with Crippen LogP contribution >= 0.6 is 0 Å². The summed E-state index contributed by atoms with van der Waals surface area (Å²) < 4.78 is 44.3. The zero-order chi connectivity index (χ0) is 21.2. The molecular formula is C19H22F3N5O2. The van der Waals surface area contributed by atoms with Crippen molar-refractivity contribution in [3.63, 3.8) is 0 Å². The van der Waals surface area contributed by atoms with Crippen LogP contribution in [0.2, 0.25) is 0 Å². The number of amides is 1. The normalized spacial score (nSPS) is 14.6. The number of carbonyl (C=O) groups is 1. The van der Waals surface area contributed by atoms with Crippen LogP contribution in [0.5, 0.6) is 0 Å². The minimum Gasteiger partial charge on any atom is -0.378 e. The summed E-state index contributed by atoms with van der Waals surface area (Å²) in [5, 5.41) is 5.38. The minimum absolute atomic E-state index is 0.0251. The zero-order valence-corrected chi connectivity index (χ0v) is 16.4. The number of hydrogen-bond acceptors (Lipinski definition) is 6. The molecule has 0 bridgehead atoms. The smallest absolute Gasteiger partial charge is 0.378 e. The van der Waals surface area contributed by atoms with Gasteiger partial charge in [-0.25, -0.2) is 4.98 Å². The van der Waals surface area contributed by atoms with Crippen molar-refractivity contribution in [2.45, 2.75) is 20.0 Å². The van der Waals surface area contributed by atoms with Crippen molar-refractivity contribution >= 4 is 23.4 Å². The molecule has 0 aliphatic carbocycles. The Hall–Kier alpha value is -2.88. The lowest BCUT2D eigenvalue weighted by molar-refractivity contribution is -0.137. The first kappa shape index (κ1) is 20.8. The number of carbonyl (C=O) groups excluding carboxylic acids is 1. The molecule has 10 heteroatoms. The van der Waals surface area contributed by atoms with Gasteiger partial charge in [-0.3, -0.25) is 4.79 Å². The van der Waals surface area contributed by atoms with E-state index in [0.29, 0.717) is 37.6 Å². The molecule has 1 saturated heterocycles. The van der Waals surface area contributed by atoms with Gasteiger partial charge in [-0.05, 0) is 37.1 Å². The molecule has 2 aromatic rings. The first-order valence-electron chi connectivity index (χ1n) is 9.08. The summed E-state index contributed by atoms with van der Waals surface area (Å²) in [6.45, 7) is 5.74. The van der Waals surface area contributed by atoms with Gasteiger partial charge in [-0.15, -0.1) is 0 Å². The molecule has 156 valence electrons. The highest BCUT2D eigenvalue weighted by Gasteiger charge is 2.35. The number of benzene rings is 1. The van der Waals surface area contributed by atoms with Crippen LogP contribution in [-0.4, -0.2) is 54.1 Å². The quantitative estimate of drug-likeness (QED) is 0.806. The SMILES string of the molecule is CNc1nc(Nc2cc(C)c(C(=O)N3CCOCC3)cc2C)ncc1C(F)(F)F. The minimum atomic E-state index is -4.55. The van der Waals surface area contributed by atoms with Crippen LogP contribution in [0, 0.1) is 13.8 Å². The Bertz CT molecular complexity index is 911. The lowest BCUT2D eigenvalue weighted by atomic mass is 10.0. The number of aryl methyl sites for hydroxylation is 2. The molecule has 2 N–H and O–H groups in total. The third kappa shape index (κ3) is 4.58. The second-order valence-corrected chi connectivity index (χ2v) is 6.72. The summed E-state index contributed by atoms with van der Waals surface area (Å²) in [5.41, 5.74) is 1.75. The van der Waals surface area contributed by atoms with Crippen molar-refractivity contribution in [3.8, 4) is 0 Å². The molecule has 2 heterocycles. The van der Waals surface area contributed by atoms with Gasteiger partial charge < -0.3 is 20.3 Å². The second kappa shape index (κ2) is 8.24. The molecule has 1 amide bonds. The van der Waals surface area contributed by atoms with Crippen LogP contribution in [0.25, 0.3) is 0 Å². The summed E-state index contributed by atoms with van der Waals surface area (Å²) in [4.78, 5) is 22.2. The van der Waals surface area contributed by atoms with Crippen LogP contribution in [0.15, 0.2) is 18.3 Å². The molecule has 7 nitrogen and oxygen atoms in total. The molecule has 1 aromatic carbocycles. The van der Waals surface area contributed by atoms with E-state index in [1.54, 1.807) is 24.0 Å². The Kier molecular flexibility index (Phi) is 5.92. The molecule has 0 spiro atoms. The number of ether oxygens (including phenoxy) is 1. The van der Waals surface area contributed by atoms with Crippen molar-refractivity contribution in [2.24, 2.45) is 0 Å². The summed E-state index contributed by atoms with van der Waals surface area (Å²) in [7, 11) is 1.36. The van der Waals surface area contributed by atoms with Crippen molar-refractivity contribution in [1.82, 2.24) is 14.9 Å². The number of morpholine rings is 1. The van der Waals surface area contributed by atoms with Crippen molar-refractivity contribution in [1.29, 1.82) is 0 Å². The second-order valence-electron chi connectivity index (χ2n) is 6.72. The molecule has 0 atom stereocenters. The van der Waals surface area contributed by atoms with Gasteiger partial charge in [0, 0.05) is 37.6 Å². The van der Waals surface area contributed by atoms with Gasteiger partial charge in [0.1, 0.15) is 11.4 Å². The van der Waals surface area contributed by atoms with Gasteiger partial charge in [0.15, 0.2) is 0 Å². The molecule has 1 aliphatic rings. The van der Waals surface area contributed by atoms with Crippen molar-refractivity contribution in [2.75, 3.05) is 44.0 Å². The van der Waals surface area contributed by atoms with Gasteiger partial charge in [0.2, 0.25) is 5.95 Å². The summed E-state index contributed by atoms with van der Waals surface area (Å²) >= 11 is 0. The number of alkyl halides is 3. The van der Waals surface area contributed by atoms with Crippen LogP contribution in [0.4, 0.5) is 30.6 Å². The largest absolute Gasteiger partial charge is 0.421 e. The predicted octanol–water partition coefficient (Wildman–Crippen LogP) is 3.37. The van der Waals surface area contributed by atoms with Gasteiger partial charge in [-0.1, -0.05) is 0 Å². The molecule has 0 unspecified atom stereocenters. The molecule has 1 aliphatic heterocycles. The number of halogens is 3. The fourth-order valence-electron chi connectivity index (χ4n) is 3.08. The van der Waals surface area contributed by atoms with Gasteiger partial charge in [-0.2, -0.15) is 18.2 Å². The molecule has 1 fully saturated rings. The molecule has 1 aromatic heterocycles. The van der Waals surface area contributed by atoms with Crippen LogP contribution in [-0.2, 0) is 10.9 Å². The Morgan fingerprint density at radius 3 is 2.48 bits per heavy atom. The Labute approximate surface area is 166 Å². The average Bonchev–Trinajstić information content (AvgIpc) is 2.69. The maximum atomic E-state index is 13.0. The molecule has 3 rings (SSSR count). The van der Waals surface area contributed by atoms with E-state index >= 15 is 0 Å². The highest BCUT2D eigenvalue weighted by Crippen LogP contribution is 2.34. The van der Waals surface area contributed by atoms with E-state index in [1.165, 1.54) is 7.05 Å². The first-order chi connectivity index (χ1) is 13.7. The van der Waals surface area contributed by atoms with Crippen molar-refractivity contribution in [3.05, 3.63) is 40.6 Å². The topological polar surface area (TPSA) is 79.4 Å². The number of rotatable bonds is 4.